The highest BCUT2D eigenvalue weighted by molar-refractivity contribution is 7.98. The van der Waals surface area contributed by atoms with E-state index in [4.69, 9.17) is 16.3 Å². The molecule has 128 valence electrons. The predicted octanol–water partition coefficient (Wildman–Crippen LogP) is 5.92. The lowest BCUT2D eigenvalue weighted by molar-refractivity contribution is 0.454. The molecule has 0 saturated carbocycles. The largest absolute Gasteiger partial charge is 0.439 e. The lowest BCUT2D eigenvalue weighted by Gasteiger charge is -2.09. The summed E-state index contributed by atoms with van der Waals surface area (Å²) in [6.07, 6.45) is 0.776. The van der Waals surface area contributed by atoms with E-state index in [9.17, 15) is 4.39 Å². The summed E-state index contributed by atoms with van der Waals surface area (Å²) < 4.78 is 18.8. The van der Waals surface area contributed by atoms with Gasteiger partial charge in [0, 0.05) is 22.5 Å². The van der Waals surface area contributed by atoms with Gasteiger partial charge < -0.3 is 4.74 Å². The van der Waals surface area contributed by atoms with Crippen LogP contribution < -0.4 is 4.74 Å². The Morgan fingerprint density at radius 3 is 2.60 bits per heavy atom. The van der Waals surface area contributed by atoms with Gasteiger partial charge in [-0.15, -0.1) is 0 Å². The Hall–Kier alpha value is -2.11. The smallest absolute Gasteiger partial charge is 0.223 e. The molecule has 3 rings (SSSR count). The minimum absolute atomic E-state index is 0.241. The highest BCUT2D eigenvalue weighted by atomic mass is 35.5. The predicted molar refractivity (Wildman–Crippen MR) is 98.9 cm³/mol. The summed E-state index contributed by atoms with van der Waals surface area (Å²) in [4.78, 5) is 8.97. The fourth-order valence-electron chi connectivity index (χ4n) is 2.13. The molecule has 0 atom stereocenters. The quantitative estimate of drug-likeness (QED) is 0.396. The Balaban J connectivity index is 1.76. The van der Waals surface area contributed by atoms with Crippen molar-refractivity contribution in [2.24, 2.45) is 0 Å². The Morgan fingerprint density at radius 1 is 1.08 bits per heavy atom. The van der Waals surface area contributed by atoms with Gasteiger partial charge in [-0.25, -0.2) is 9.37 Å². The van der Waals surface area contributed by atoms with Crippen molar-refractivity contribution in [1.82, 2.24) is 9.97 Å². The van der Waals surface area contributed by atoms with Crippen molar-refractivity contribution in [3.05, 3.63) is 76.7 Å². The van der Waals surface area contributed by atoms with E-state index in [1.807, 2.05) is 25.1 Å². The standard InChI is InChI=1S/C19H16ClFN2OS/c1-2-16-11-18(24-17-5-3-4-14(20)10-17)23-19(22-16)25-12-13-6-8-15(21)9-7-13/h3-11H,2,12H2,1H3. The zero-order chi connectivity index (χ0) is 17.6. The second kappa shape index (κ2) is 8.32. The second-order valence-electron chi connectivity index (χ2n) is 5.31. The van der Waals surface area contributed by atoms with Gasteiger partial charge in [0.15, 0.2) is 5.16 Å². The molecule has 0 aliphatic heterocycles. The van der Waals surface area contributed by atoms with E-state index in [-0.39, 0.29) is 5.82 Å². The molecule has 0 aliphatic rings. The van der Waals surface area contributed by atoms with E-state index in [2.05, 4.69) is 9.97 Å². The third-order valence-corrected chi connectivity index (χ3v) is 4.55. The van der Waals surface area contributed by atoms with Crippen molar-refractivity contribution in [2.45, 2.75) is 24.3 Å². The molecule has 25 heavy (non-hydrogen) atoms. The number of benzene rings is 2. The first-order chi connectivity index (χ1) is 12.1. The van der Waals surface area contributed by atoms with E-state index in [1.165, 1.54) is 23.9 Å². The van der Waals surface area contributed by atoms with Gasteiger partial charge in [-0.3, -0.25) is 0 Å². The molecule has 0 saturated heterocycles. The Labute approximate surface area is 155 Å². The van der Waals surface area contributed by atoms with Gasteiger partial charge in [0.25, 0.3) is 0 Å². The molecule has 2 aromatic carbocycles. The second-order valence-corrected chi connectivity index (χ2v) is 6.69. The van der Waals surface area contributed by atoms with Crippen LogP contribution in [0.2, 0.25) is 5.02 Å². The van der Waals surface area contributed by atoms with Gasteiger partial charge in [0.2, 0.25) is 5.88 Å². The van der Waals surface area contributed by atoms with E-state index in [0.29, 0.717) is 27.6 Å². The Kier molecular flexibility index (Phi) is 5.89. The molecule has 0 N–H and O–H groups in total. The molecule has 1 aromatic heterocycles. The van der Waals surface area contributed by atoms with Gasteiger partial charge in [-0.2, -0.15) is 4.98 Å². The zero-order valence-electron chi connectivity index (χ0n) is 13.6. The van der Waals surface area contributed by atoms with Crippen LogP contribution in [-0.4, -0.2) is 9.97 Å². The summed E-state index contributed by atoms with van der Waals surface area (Å²) >= 11 is 7.47. The van der Waals surface area contributed by atoms with Crippen LogP contribution in [0.1, 0.15) is 18.2 Å². The van der Waals surface area contributed by atoms with E-state index in [1.54, 1.807) is 24.3 Å². The number of halogens is 2. The average Bonchev–Trinajstić information content (AvgIpc) is 2.61. The van der Waals surface area contributed by atoms with Gasteiger partial charge in [0.05, 0.1) is 0 Å². The third kappa shape index (κ3) is 5.18. The van der Waals surface area contributed by atoms with Crippen LogP contribution in [0.25, 0.3) is 0 Å². The molecule has 0 unspecified atom stereocenters. The molecule has 0 amide bonds. The molecular formula is C19H16ClFN2OS. The molecule has 1 heterocycles. The minimum Gasteiger partial charge on any atom is -0.439 e. The molecule has 6 heteroatoms. The van der Waals surface area contributed by atoms with Crippen LogP contribution in [0.15, 0.2) is 59.8 Å². The van der Waals surface area contributed by atoms with Crippen molar-refractivity contribution < 1.29 is 9.13 Å². The topological polar surface area (TPSA) is 35.0 Å². The molecular weight excluding hydrogens is 359 g/mol. The fourth-order valence-corrected chi connectivity index (χ4v) is 3.13. The van der Waals surface area contributed by atoms with Crippen molar-refractivity contribution in [2.75, 3.05) is 0 Å². The molecule has 0 bridgehead atoms. The van der Waals surface area contributed by atoms with Crippen LogP contribution in [-0.2, 0) is 12.2 Å². The number of nitrogens with zero attached hydrogens (tertiary/aromatic N) is 2. The summed E-state index contributed by atoms with van der Waals surface area (Å²) in [5.74, 6) is 1.53. The van der Waals surface area contributed by atoms with Crippen LogP contribution in [0.3, 0.4) is 0 Å². The van der Waals surface area contributed by atoms with Gasteiger partial charge in [-0.1, -0.05) is 48.5 Å². The SMILES string of the molecule is CCc1cc(Oc2cccc(Cl)c2)nc(SCc2ccc(F)cc2)n1. The monoisotopic (exact) mass is 374 g/mol. The lowest BCUT2D eigenvalue weighted by Crippen LogP contribution is -1.97. The average molecular weight is 375 g/mol. The summed E-state index contributed by atoms with van der Waals surface area (Å²) in [6.45, 7) is 2.03. The van der Waals surface area contributed by atoms with Crippen LogP contribution in [0.4, 0.5) is 4.39 Å². The maximum Gasteiger partial charge on any atom is 0.223 e. The van der Waals surface area contributed by atoms with Gasteiger partial charge in [0.1, 0.15) is 11.6 Å². The number of thioether (sulfide) groups is 1. The highest BCUT2D eigenvalue weighted by Crippen LogP contribution is 2.26. The molecule has 3 nitrogen and oxygen atoms in total. The van der Waals surface area contributed by atoms with Crippen molar-refractivity contribution in [3.63, 3.8) is 0 Å². The molecule has 0 fully saturated rings. The number of aryl methyl sites for hydroxylation is 1. The summed E-state index contributed by atoms with van der Waals surface area (Å²) in [6, 6.07) is 15.4. The maximum atomic E-state index is 13.0. The van der Waals surface area contributed by atoms with E-state index >= 15 is 0 Å². The maximum absolute atomic E-state index is 13.0. The number of rotatable bonds is 6. The summed E-state index contributed by atoms with van der Waals surface area (Å²) in [5.41, 5.74) is 1.91. The van der Waals surface area contributed by atoms with Crippen LogP contribution in [0.5, 0.6) is 11.6 Å². The normalized spacial score (nSPS) is 10.7. The number of ether oxygens (including phenoxy) is 1. The van der Waals surface area contributed by atoms with Crippen LogP contribution >= 0.6 is 23.4 Å². The fraction of sp³-hybridized carbons (Fsp3) is 0.158. The number of aromatic nitrogens is 2. The first-order valence-corrected chi connectivity index (χ1v) is 9.17. The molecule has 0 spiro atoms. The number of hydrogen-bond donors (Lipinski definition) is 0. The van der Waals surface area contributed by atoms with Gasteiger partial charge in [-0.05, 0) is 42.3 Å². The van der Waals surface area contributed by atoms with Crippen molar-refractivity contribution in [3.8, 4) is 11.6 Å². The van der Waals surface area contributed by atoms with Crippen molar-refractivity contribution >= 4 is 23.4 Å². The Morgan fingerprint density at radius 2 is 1.88 bits per heavy atom. The van der Waals surface area contributed by atoms with Crippen molar-refractivity contribution in [1.29, 1.82) is 0 Å². The summed E-state index contributed by atoms with van der Waals surface area (Å²) in [7, 11) is 0. The van der Waals surface area contributed by atoms with E-state index < -0.39 is 0 Å². The molecule has 3 aromatic rings. The minimum atomic E-state index is -0.241. The third-order valence-electron chi connectivity index (χ3n) is 3.40. The highest BCUT2D eigenvalue weighted by Gasteiger charge is 2.08. The first kappa shape index (κ1) is 17.7. The van der Waals surface area contributed by atoms with E-state index in [0.717, 1.165) is 17.7 Å². The number of hydrogen-bond acceptors (Lipinski definition) is 4. The Bertz CT molecular complexity index is 858. The van der Waals surface area contributed by atoms with Crippen LogP contribution in [0, 0.1) is 5.82 Å². The molecule has 0 radical (unpaired) electrons. The summed E-state index contributed by atoms with van der Waals surface area (Å²) in [5, 5.41) is 1.23. The first-order valence-electron chi connectivity index (χ1n) is 7.81. The molecule has 0 aliphatic carbocycles. The van der Waals surface area contributed by atoms with Gasteiger partial charge >= 0.3 is 0 Å². The lowest BCUT2D eigenvalue weighted by atomic mass is 10.2. The zero-order valence-corrected chi connectivity index (χ0v) is 15.1.